The number of amides is 1. The van der Waals surface area contributed by atoms with Crippen molar-refractivity contribution in [2.75, 3.05) is 13.7 Å². The fraction of sp³-hybridized carbons (Fsp3) is 0.500. The molecule has 1 aromatic rings. The summed E-state index contributed by atoms with van der Waals surface area (Å²) in [5.74, 6) is 6.09. The lowest BCUT2D eigenvalue weighted by atomic mass is 9.99. The average molecular weight is 287 g/mol. The number of carbonyl (C=O) groups is 1. The van der Waals surface area contributed by atoms with Crippen LogP contribution < -0.4 is 0 Å². The Balaban J connectivity index is 3.02. The SMILES string of the molecule is Cc1c(C#CCO)cccc1C(=O)N(C)C(C)CC(C)C. The van der Waals surface area contributed by atoms with Gasteiger partial charge in [0.05, 0.1) is 0 Å². The summed E-state index contributed by atoms with van der Waals surface area (Å²) >= 11 is 0. The van der Waals surface area contributed by atoms with Crippen molar-refractivity contribution in [2.24, 2.45) is 5.92 Å². The van der Waals surface area contributed by atoms with Gasteiger partial charge in [0.25, 0.3) is 5.91 Å². The summed E-state index contributed by atoms with van der Waals surface area (Å²) in [5, 5.41) is 8.79. The molecule has 0 bridgehead atoms. The van der Waals surface area contributed by atoms with Gasteiger partial charge in [0.1, 0.15) is 6.61 Å². The normalized spacial score (nSPS) is 11.8. The average Bonchev–Trinajstić information content (AvgIpc) is 2.44. The van der Waals surface area contributed by atoms with Crippen LogP contribution >= 0.6 is 0 Å². The Morgan fingerprint density at radius 1 is 1.33 bits per heavy atom. The molecular formula is C18H25NO2. The third kappa shape index (κ3) is 4.61. The summed E-state index contributed by atoms with van der Waals surface area (Å²) in [6.45, 7) is 8.11. The molecule has 1 atom stereocenters. The first-order chi connectivity index (χ1) is 9.88. The molecule has 0 heterocycles. The van der Waals surface area contributed by atoms with Crippen LogP contribution in [0.2, 0.25) is 0 Å². The summed E-state index contributed by atoms with van der Waals surface area (Å²) in [4.78, 5) is 14.4. The molecule has 1 unspecified atom stereocenters. The minimum atomic E-state index is -0.178. The lowest BCUT2D eigenvalue weighted by molar-refractivity contribution is 0.0727. The minimum absolute atomic E-state index is 0.0216. The van der Waals surface area contributed by atoms with E-state index in [0.29, 0.717) is 11.5 Å². The fourth-order valence-corrected chi connectivity index (χ4v) is 2.37. The maximum atomic E-state index is 12.6. The van der Waals surface area contributed by atoms with Gasteiger partial charge in [-0.2, -0.15) is 0 Å². The molecule has 0 aromatic heterocycles. The molecule has 0 aliphatic rings. The molecule has 0 fully saturated rings. The van der Waals surface area contributed by atoms with Gasteiger partial charge in [0.15, 0.2) is 0 Å². The molecule has 114 valence electrons. The zero-order valence-corrected chi connectivity index (χ0v) is 13.6. The van der Waals surface area contributed by atoms with E-state index in [9.17, 15) is 4.79 Å². The highest BCUT2D eigenvalue weighted by molar-refractivity contribution is 5.96. The van der Waals surface area contributed by atoms with E-state index in [0.717, 1.165) is 17.5 Å². The minimum Gasteiger partial charge on any atom is -0.384 e. The summed E-state index contributed by atoms with van der Waals surface area (Å²) in [6.07, 6.45) is 0.977. The van der Waals surface area contributed by atoms with Crippen LogP contribution in [0.3, 0.4) is 0 Å². The maximum Gasteiger partial charge on any atom is 0.254 e. The summed E-state index contributed by atoms with van der Waals surface area (Å²) in [6, 6.07) is 5.74. The molecule has 0 saturated heterocycles. The van der Waals surface area contributed by atoms with E-state index < -0.39 is 0 Å². The van der Waals surface area contributed by atoms with E-state index >= 15 is 0 Å². The molecule has 1 rings (SSSR count). The Morgan fingerprint density at radius 3 is 2.57 bits per heavy atom. The van der Waals surface area contributed by atoms with Gasteiger partial charge >= 0.3 is 0 Å². The molecule has 0 aliphatic carbocycles. The third-order valence-electron chi connectivity index (χ3n) is 3.66. The molecule has 1 aromatic carbocycles. The van der Waals surface area contributed by atoms with Crippen molar-refractivity contribution in [1.82, 2.24) is 4.90 Å². The predicted molar refractivity (Wildman–Crippen MR) is 86.2 cm³/mol. The van der Waals surface area contributed by atoms with E-state index in [4.69, 9.17) is 5.11 Å². The second-order valence-corrected chi connectivity index (χ2v) is 5.83. The Bertz CT molecular complexity index is 552. The van der Waals surface area contributed by atoms with Crippen molar-refractivity contribution in [3.63, 3.8) is 0 Å². The lowest BCUT2D eigenvalue weighted by Gasteiger charge is -2.27. The van der Waals surface area contributed by atoms with Gasteiger partial charge in [-0.1, -0.05) is 31.8 Å². The monoisotopic (exact) mass is 287 g/mol. The first kappa shape index (κ1) is 17.3. The summed E-state index contributed by atoms with van der Waals surface area (Å²) in [7, 11) is 1.85. The Morgan fingerprint density at radius 2 is 2.00 bits per heavy atom. The van der Waals surface area contributed by atoms with Crippen molar-refractivity contribution < 1.29 is 9.90 Å². The molecule has 3 nitrogen and oxygen atoms in total. The lowest BCUT2D eigenvalue weighted by Crippen LogP contribution is -2.36. The van der Waals surface area contributed by atoms with Crippen LogP contribution in [0.4, 0.5) is 0 Å². The van der Waals surface area contributed by atoms with Gasteiger partial charge in [-0.3, -0.25) is 4.79 Å². The number of hydrogen-bond donors (Lipinski definition) is 1. The van der Waals surface area contributed by atoms with Gasteiger partial charge in [0, 0.05) is 24.2 Å². The molecule has 0 aliphatic heterocycles. The van der Waals surface area contributed by atoms with Crippen molar-refractivity contribution in [3.8, 4) is 11.8 Å². The number of aliphatic hydroxyl groups excluding tert-OH is 1. The van der Waals surface area contributed by atoms with Gasteiger partial charge in [-0.25, -0.2) is 0 Å². The maximum absolute atomic E-state index is 12.6. The van der Waals surface area contributed by atoms with E-state index in [1.54, 1.807) is 4.90 Å². The van der Waals surface area contributed by atoms with Gasteiger partial charge in [0.2, 0.25) is 0 Å². The van der Waals surface area contributed by atoms with Crippen LogP contribution in [0.25, 0.3) is 0 Å². The standard InChI is InChI=1S/C18H25NO2/c1-13(2)12-14(3)19(5)18(21)17-10-6-8-16(15(17)4)9-7-11-20/h6,8,10,13-14,20H,11-12H2,1-5H3. The number of aliphatic hydroxyl groups is 1. The zero-order valence-electron chi connectivity index (χ0n) is 13.6. The number of nitrogens with zero attached hydrogens (tertiary/aromatic N) is 1. The van der Waals surface area contributed by atoms with Crippen LogP contribution in [0, 0.1) is 24.7 Å². The number of benzene rings is 1. The number of hydrogen-bond acceptors (Lipinski definition) is 2. The van der Waals surface area contributed by atoms with E-state index in [1.165, 1.54) is 0 Å². The van der Waals surface area contributed by atoms with E-state index in [2.05, 4.69) is 32.6 Å². The van der Waals surface area contributed by atoms with Gasteiger partial charge in [-0.05, 0) is 43.9 Å². The first-order valence-electron chi connectivity index (χ1n) is 7.35. The topological polar surface area (TPSA) is 40.5 Å². The number of carbonyl (C=O) groups excluding carboxylic acids is 1. The predicted octanol–water partition coefficient (Wildman–Crippen LogP) is 2.85. The van der Waals surface area contributed by atoms with E-state index in [1.807, 2.05) is 32.2 Å². The molecule has 0 saturated carbocycles. The van der Waals surface area contributed by atoms with E-state index in [-0.39, 0.29) is 18.6 Å². The molecule has 21 heavy (non-hydrogen) atoms. The van der Waals surface area contributed by atoms with Crippen LogP contribution in [-0.4, -0.2) is 35.6 Å². The Kier molecular flexibility index (Phi) is 6.45. The van der Waals surface area contributed by atoms with Gasteiger partial charge < -0.3 is 10.0 Å². The number of rotatable bonds is 4. The summed E-state index contributed by atoms with van der Waals surface area (Å²) in [5.41, 5.74) is 2.34. The Labute approximate surface area is 128 Å². The highest BCUT2D eigenvalue weighted by Crippen LogP contribution is 2.18. The fourth-order valence-electron chi connectivity index (χ4n) is 2.37. The van der Waals surface area contributed by atoms with Crippen LogP contribution in [0.1, 0.15) is 48.7 Å². The highest BCUT2D eigenvalue weighted by Gasteiger charge is 2.20. The van der Waals surface area contributed by atoms with Crippen molar-refractivity contribution in [2.45, 2.75) is 40.2 Å². The third-order valence-corrected chi connectivity index (χ3v) is 3.66. The second kappa shape index (κ2) is 7.85. The van der Waals surface area contributed by atoms with Crippen molar-refractivity contribution in [3.05, 3.63) is 34.9 Å². The molecule has 3 heteroatoms. The van der Waals surface area contributed by atoms with Crippen LogP contribution in [0.15, 0.2) is 18.2 Å². The van der Waals surface area contributed by atoms with Crippen molar-refractivity contribution >= 4 is 5.91 Å². The van der Waals surface area contributed by atoms with Gasteiger partial charge in [-0.15, -0.1) is 0 Å². The van der Waals surface area contributed by atoms with Crippen molar-refractivity contribution in [1.29, 1.82) is 0 Å². The quantitative estimate of drug-likeness (QED) is 0.865. The summed E-state index contributed by atoms with van der Waals surface area (Å²) < 4.78 is 0. The molecule has 0 radical (unpaired) electrons. The Hall–Kier alpha value is -1.79. The molecular weight excluding hydrogens is 262 g/mol. The molecule has 1 amide bonds. The zero-order chi connectivity index (χ0) is 16.0. The molecule has 0 spiro atoms. The largest absolute Gasteiger partial charge is 0.384 e. The second-order valence-electron chi connectivity index (χ2n) is 5.83. The molecule has 1 N–H and O–H groups in total. The first-order valence-corrected chi connectivity index (χ1v) is 7.35. The highest BCUT2D eigenvalue weighted by atomic mass is 16.2. The smallest absolute Gasteiger partial charge is 0.254 e. The van der Waals surface area contributed by atoms with Crippen LogP contribution in [-0.2, 0) is 0 Å². The van der Waals surface area contributed by atoms with Crippen LogP contribution in [0.5, 0.6) is 0 Å².